The summed E-state index contributed by atoms with van der Waals surface area (Å²) in [6, 6.07) is 4.56. The summed E-state index contributed by atoms with van der Waals surface area (Å²) in [4.78, 5) is 12.2. The van der Waals surface area contributed by atoms with Gasteiger partial charge in [0, 0.05) is 15.3 Å². The van der Waals surface area contributed by atoms with Crippen LogP contribution in [0.4, 0.5) is 4.39 Å². The van der Waals surface area contributed by atoms with Crippen molar-refractivity contribution in [2.75, 3.05) is 0 Å². The largest absolute Gasteiger partial charge is 0.348 e. The van der Waals surface area contributed by atoms with E-state index in [1.807, 2.05) is 0 Å². The minimum atomic E-state index is -0.499. The highest BCUT2D eigenvalue weighted by Gasteiger charge is 2.27. The zero-order valence-corrected chi connectivity index (χ0v) is 12.2. The Balaban J connectivity index is 2.09. The lowest BCUT2D eigenvalue weighted by Gasteiger charge is -2.16. The molecule has 1 amide bonds. The molecular formula is C12H12Br2FNO. The maximum Gasteiger partial charge on any atom is 0.254 e. The molecule has 2 rings (SSSR count). The summed E-state index contributed by atoms with van der Waals surface area (Å²) in [5.41, 5.74) is 0.0970. The predicted octanol–water partition coefficient (Wildman–Crippen LogP) is 3.63. The van der Waals surface area contributed by atoms with E-state index in [-0.39, 0.29) is 17.5 Å². The number of carbonyl (C=O) groups excluding carboxylic acids is 1. The van der Waals surface area contributed by atoms with Crippen molar-refractivity contribution >= 4 is 37.8 Å². The lowest BCUT2D eigenvalue weighted by atomic mass is 10.1. The van der Waals surface area contributed by atoms with E-state index < -0.39 is 5.82 Å². The standard InChI is InChI=1S/C12H12Br2FNO/c13-7-4-5-8(10(15)6-7)12(17)16-11-3-1-2-9(11)14/h4-6,9,11H,1-3H2,(H,16,17). The lowest BCUT2D eigenvalue weighted by Crippen LogP contribution is -2.38. The van der Waals surface area contributed by atoms with Crippen molar-refractivity contribution in [3.8, 4) is 0 Å². The van der Waals surface area contributed by atoms with E-state index in [2.05, 4.69) is 37.2 Å². The van der Waals surface area contributed by atoms with Gasteiger partial charge >= 0.3 is 0 Å². The van der Waals surface area contributed by atoms with Gasteiger partial charge in [-0.1, -0.05) is 38.3 Å². The summed E-state index contributed by atoms with van der Waals surface area (Å²) in [6.45, 7) is 0. The van der Waals surface area contributed by atoms with Gasteiger partial charge in [-0.05, 0) is 31.0 Å². The van der Waals surface area contributed by atoms with Gasteiger partial charge in [0.05, 0.1) is 5.56 Å². The van der Waals surface area contributed by atoms with Crippen molar-refractivity contribution in [3.63, 3.8) is 0 Å². The second kappa shape index (κ2) is 5.48. The number of amides is 1. The summed E-state index contributed by atoms with van der Waals surface area (Å²) in [7, 11) is 0. The summed E-state index contributed by atoms with van der Waals surface area (Å²) >= 11 is 6.68. The Kier molecular flexibility index (Phi) is 4.20. The molecule has 5 heteroatoms. The van der Waals surface area contributed by atoms with Gasteiger partial charge in [0.2, 0.25) is 0 Å². The molecule has 0 bridgehead atoms. The molecule has 0 aromatic heterocycles. The van der Waals surface area contributed by atoms with Gasteiger partial charge in [0.25, 0.3) is 5.91 Å². The first-order chi connectivity index (χ1) is 8.08. The number of hydrogen-bond donors (Lipinski definition) is 1. The number of carbonyl (C=O) groups is 1. The third-order valence-electron chi connectivity index (χ3n) is 2.92. The van der Waals surface area contributed by atoms with Gasteiger partial charge in [-0.15, -0.1) is 0 Å². The number of alkyl halides is 1. The Hall–Kier alpha value is -0.420. The Morgan fingerprint density at radius 2 is 2.18 bits per heavy atom. The van der Waals surface area contributed by atoms with Crippen LogP contribution in [0, 0.1) is 5.82 Å². The molecular weight excluding hydrogens is 353 g/mol. The Morgan fingerprint density at radius 3 is 2.76 bits per heavy atom. The van der Waals surface area contributed by atoms with E-state index in [0.29, 0.717) is 9.30 Å². The molecule has 1 aromatic carbocycles. The molecule has 0 aliphatic heterocycles. The molecule has 1 N–H and O–H groups in total. The van der Waals surface area contributed by atoms with Gasteiger partial charge in [-0.25, -0.2) is 4.39 Å². The molecule has 1 saturated carbocycles. The summed E-state index contributed by atoms with van der Waals surface area (Å²) < 4.78 is 14.2. The summed E-state index contributed by atoms with van der Waals surface area (Å²) in [6.07, 6.45) is 3.08. The van der Waals surface area contributed by atoms with Crippen LogP contribution in [-0.4, -0.2) is 16.8 Å². The molecule has 0 heterocycles. The normalized spacial score (nSPS) is 23.7. The smallest absolute Gasteiger partial charge is 0.254 e. The van der Waals surface area contributed by atoms with Gasteiger partial charge in [0.15, 0.2) is 0 Å². The molecule has 1 aliphatic carbocycles. The minimum Gasteiger partial charge on any atom is -0.348 e. The Labute approximate surface area is 116 Å². The van der Waals surface area contributed by atoms with E-state index in [0.717, 1.165) is 19.3 Å². The zero-order valence-electron chi connectivity index (χ0n) is 9.05. The van der Waals surface area contributed by atoms with E-state index >= 15 is 0 Å². The van der Waals surface area contributed by atoms with Crippen molar-refractivity contribution in [2.24, 2.45) is 0 Å². The van der Waals surface area contributed by atoms with Crippen molar-refractivity contribution in [3.05, 3.63) is 34.1 Å². The molecule has 0 spiro atoms. The highest BCUT2D eigenvalue weighted by atomic mass is 79.9. The molecule has 0 radical (unpaired) electrons. The van der Waals surface area contributed by atoms with Crippen molar-refractivity contribution in [1.29, 1.82) is 0 Å². The molecule has 2 unspecified atom stereocenters. The Bertz CT molecular complexity index is 439. The second-order valence-corrected chi connectivity index (χ2v) is 6.24. The highest BCUT2D eigenvalue weighted by Crippen LogP contribution is 2.26. The predicted molar refractivity (Wildman–Crippen MR) is 71.9 cm³/mol. The van der Waals surface area contributed by atoms with E-state index in [1.165, 1.54) is 12.1 Å². The van der Waals surface area contributed by atoms with Crippen LogP contribution in [0.25, 0.3) is 0 Å². The number of rotatable bonds is 2. The fraction of sp³-hybridized carbons (Fsp3) is 0.417. The number of halogens is 3. The quantitative estimate of drug-likeness (QED) is 0.797. The first kappa shape index (κ1) is 13.0. The van der Waals surface area contributed by atoms with Crippen LogP contribution in [0.1, 0.15) is 29.6 Å². The monoisotopic (exact) mass is 363 g/mol. The van der Waals surface area contributed by atoms with Gasteiger partial charge in [-0.2, -0.15) is 0 Å². The third-order valence-corrected chi connectivity index (χ3v) is 4.51. The van der Waals surface area contributed by atoms with Crippen LogP contribution < -0.4 is 5.32 Å². The zero-order chi connectivity index (χ0) is 12.4. The molecule has 2 atom stereocenters. The van der Waals surface area contributed by atoms with Crippen LogP contribution in [-0.2, 0) is 0 Å². The van der Waals surface area contributed by atoms with E-state index in [1.54, 1.807) is 6.07 Å². The average Bonchev–Trinajstić information content (AvgIpc) is 2.64. The van der Waals surface area contributed by atoms with Crippen molar-refractivity contribution < 1.29 is 9.18 Å². The SMILES string of the molecule is O=C(NC1CCCC1Br)c1ccc(Br)cc1F. The Morgan fingerprint density at radius 1 is 1.41 bits per heavy atom. The van der Waals surface area contributed by atoms with Crippen molar-refractivity contribution in [1.82, 2.24) is 5.32 Å². The lowest BCUT2D eigenvalue weighted by molar-refractivity contribution is 0.0935. The highest BCUT2D eigenvalue weighted by molar-refractivity contribution is 9.10. The van der Waals surface area contributed by atoms with Crippen LogP contribution >= 0.6 is 31.9 Å². The van der Waals surface area contributed by atoms with Crippen LogP contribution in [0.2, 0.25) is 0 Å². The van der Waals surface area contributed by atoms with Gasteiger partial charge < -0.3 is 5.32 Å². The van der Waals surface area contributed by atoms with E-state index in [4.69, 9.17) is 0 Å². The van der Waals surface area contributed by atoms with Crippen LogP contribution in [0.15, 0.2) is 22.7 Å². The van der Waals surface area contributed by atoms with Crippen LogP contribution in [0.3, 0.4) is 0 Å². The van der Waals surface area contributed by atoms with Crippen molar-refractivity contribution in [2.45, 2.75) is 30.1 Å². The van der Waals surface area contributed by atoms with Gasteiger partial charge in [0.1, 0.15) is 5.82 Å². The molecule has 1 aromatic rings. The second-order valence-electron chi connectivity index (χ2n) is 4.15. The third kappa shape index (κ3) is 3.07. The maximum atomic E-state index is 13.6. The molecule has 17 heavy (non-hydrogen) atoms. The van der Waals surface area contributed by atoms with E-state index in [9.17, 15) is 9.18 Å². The first-order valence-electron chi connectivity index (χ1n) is 5.48. The molecule has 1 fully saturated rings. The fourth-order valence-corrected chi connectivity index (χ4v) is 3.05. The molecule has 1 aliphatic rings. The van der Waals surface area contributed by atoms with Crippen LogP contribution in [0.5, 0.6) is 0 Å². The fourth-order valence-electron chi connectivity index (χ4n) is 2.00. The molecule has 92 valence electrons. The number of hydrogen-bond acceptors (Lipinski definition) is 1. The summed E-state index contributed by atoms with van der Waals surface area (Å²) in [5.74, 6) is -0.840. The minimum absolute atomic E-state index is 0.0970. The summed E-state index contributed by atoms with van der Waals surface area (Å²) in [5, 5.41) is 2.86. The molecule has 2 nitrogen and oxygen atoms in total. The maximum absolute atomic E-state index is 13.6. The molecule has 0 saturated heterocycles. The number of benzene rings is 1. The average molecular weight is 365 g/mol. The number of nitrogens with one attached hydrogen (secondary N) is 1. The van der Waals surface area contributed by atoms with Gasteiger partial charge in [-0.3, -0.25) is 4.79 Å². The topological polar surface area (TPSA) is 29.1 Å². The first-order valence-corrected chi connectivity index (χ1v) is 7.19.